The number of thioether (sulfide) groups is 1. The number of nitrogens with one attached hydrogen (secondary N) is 1. The van der Waals surface area contributed by atoms with E-state index in [2.05, 4.69) is 59.4 Å². The summed E-state index contributed by atoms with van der Waals surface area (Å²) in [4.78, 5) is 26.9. The van der Waals surface area contributed by atoms with E-state index in [9.17, 15) is 4.79 Å². The maximum Gasteiger partial charge on any atom is 0.266 e. The van der Waals surface area contributed by atoms with E-state index in [1.54, 1.807) is 0 Å². The van der Waals surface area contributed by atoms with Gasteiger partial charge in [-0.25, -0.2) is 4.99 Å². The maximum atomic E-state index is 13.7. The number of carbonyl (C=O) groups is 1. The molecule has 5 nitrogen and oxygen atoms in total. The summed E-state index contributed by atoms with van der Waals surface area (Å²) in [5.41, 5.74) is 6.71. The summed E-state index contributed by atoms with van der Waals surface area (Å²) < 4.78 is 0. The van der Waals surface area contributed by atoms with Gasteiger partial charge in [0, 0.05) is 42.4 Å². The van der Waals surface area contributed by atoms with Crippen molar-refractivity contribution in [1.82, 2.24) is 9.88 Å². The number of aromatic nitrogens is 1. The van der Waals surface area contributed by atoms with Gasteiger partial charge in [0.1, 0.15) is 0 Å². The van der Waals surface area contributed by atoms with Crippen LogP contribution in [0.4, 0.5) is 11.4 Å². The number of carbonyl (C=O) groups excluding carboxylic acids is 1. The summed E-state index contributed by atoms with van der Waals surface area (Å²) >= 11 is 1.46. The average Bonchev–Trinajstić information content (AvgIpc) is 3.66. The second kappa shape index (κ2) is 10.3. The van der Waals surface area contributed by atoms with E-state index in [4.69, 9.17) is 4.99 Å². The topological polar surface area (TPSA) is 51.7 Å². The number of rotatable bonds is 6. The maximum absolute atomic E-state index is 13.7. The van der Waals surface area contributed by atoms with Gasteiger partial charge in [0.2, 0.25) is 0 Å². The normalized spacial score (nSPS) is 18.1. The van der Waals surface area contributed by atoms with Crippen LogP contribution in [0.1, 0.15) is 29.5 Å². The zero-order chi connectivity index (χ0) is 25.2. The van der Waals surface area contributed by atoms with Crippen molar-refractivity contribution in [2.75, 3.05) is 24.5 Å². The number of aromatic amines is 1. The first-order chi connectivity index (χ1) is 18.2. The van der Waals surface area contributed by atoms with Crippen LogP contribution >= 0.6 is 11.8 Å². The highest BCUT2D eigenvalue weighted by atomic mass is 32.2. The van der Waals surface area contributed by atoms with Crippen LogP contribution in [0.3, 0.4) is 0 Å². The Bertz CT molecular complexity index is 1500. The number of hydrogen-bond acceptors (Lipinski definition) is 4. The summed E-state index contributed by atoms with van der Waals surface area (Å²) in [5.74, 6) is 0.0162. The molecule has 3 heterocycles. The lowest BCUT2D eigenvalue weighted by Crippen LogP contribution is -2.31. The molecule has 37 heavy (non-hydrogen) atoms. The summed E-state index contributed by atoms with van der Waals surface area (Å²) in [6.45, 7) is 4.95. The van der Waals surface area contributed by atoms with Crippen molar-refractivity contribution < 1.29 is 4.79 Å². The average molecular weight is 507 g/mol. The number of amidine groups is 1. The van der Waals surface area contributed by atoms with Crippen molar-refractivity contribution in [2.45, 2.75) is 26.2 Å². The quantitative estimate of drug-likeness (QED) is 0.289. The number of nitrogens with zero attached hydrogens (tertiary/aromatic N) is 3. The largest absolute Gasteiger partial charge is 0.372 e. The number of aryl methyl sites for hydroxylation is 1. The van der Waals surface area contributed by atoms with Crippen molar-refractivity contribution in [1.29, 1.82) is 0 Å². The first kappa shape index (κ1) is 23.6. The third-order valence-electron chi connectivity index (χ3n) is 7.16. The van der Waals surface area contributed by atoms with Crippen molar-refractivity contribution in [3.63, 3.8) is 0 Å². The predicted molar refractivity (Wildman–Crippen MR) is 155 cm³/mol. The Labute approximate surface area is 221 Å². The Morgan fingerprint density at radius 1 is 1.00 bits per heavy atom. The van der Waals surface area contributed by atoms with Crippen LogP contribution < -0.4 is 4.90 Å². The van der Waals surface area contributed by atoms with Crippen molar-refractivity contribution >= 4 is 51.2 Å². The van der Waals surface area contributed by atoms with E-state index >= 15 is 0 Å². The Morgan fingerprint density at radius 2 is 1.78 bits per heavy atom. The summed E-state index contributed by atoms with van der Waals surface area (Å²) in [6.07, 6.45) is 7.35. The van der Waals surface area contributed by atoms with Crippen molar-refractivity contribution in [2.24, 2.45) is 4.99 Å². The third kappa shape index (κ3) is 4.94. The molecule has 0 atom stereocenters. The van der Waals surface area contributed by atoms with E-state index in [0.717, 1.165) is 41.4 Å². The Balaban J connectivity index is 1.29. The van der Waals surface area contributed by atoms with Gasteiger partial charge in [0.05, 0.1) is 10.6 Å². The molecule has 0 saturated carbocycles. The lowest BCUT2D eigenvalue weighted by Gasteiger charge is -2.18. The minimum Gasteiger partial charge on any atom is -0.372 e. The lowest BCUT2D eigenvalue weighted by molar-refractivity contribution is -0.122. The fraction of sp³-hybridized carbons (Fsp3) is 0.226. The molecule has 2 fully saturated rings. The second-order valence-corrected chi connectivity index (χ2v) is 10.7. The number of fused-ring (bicyclic) bond motifs is 1. The van der Waals surface area contributed by atoms with Gasteiger partial charge in [-0.3, -0.25) is 9.69 Å². The first-order valence-electron chi connectivity index (χ1n) is 12.9. The van der Waals surface area contributed by atoms with Crippen molar-refractivity contribution in [3.8, 4) is 0 Å². The van der Waals surface area contributed by atoms with E-state index in [1.165, 1.54) is 46.8 Å². The Kier molecular flexibility index (Phi) is 6.58. The minimum absolute atomic E-state index is 0.0162. The number of para-hydroxylation sites is 2. The van der Waals surface area contributed by atoms with Crippen LogP contribution in [0.25, 0.3) is 17.0 Å². The van der Waals surface area contributed by atoms with Crippen LogP contribution in [0.2, 0.25) is 0 Å². The van der Waals surface area contributed by atoms with E-state index in [1.807, 2.05) is 47.4 Å². The molecule has 186 valence electrons. The molecule has 6 rings (SSSR count). The molecule has 0 aliphatic carbocycles. The van der Waals surface area contributed by atoms with Crippen LogP contribution in [0.5, 0.6) is 0 Å². The molecule has 0 unspecified atom stereocenters. The molecule has 2 aliphatic rings. The molecule has 2 saturated heterocycles. The number of benzene rings is 3. The monoisotopic (exact) mass is 506 g/mol. The highest BCUT2D eigenvalue weighted by Crippen LogP contribution is 2.35. The van der Waals surface area contributed by atoms with Crippen LogP contribution in [-0.2, 0) is 11.2 Å². The highest BCUT2D eigenvalue weighted by Gasteiger charge is 2.33. The van der Waals surface area contributed by atoms with Gasteiger partial charge >= 0.3 is 0 Å². The Hall–Kier alpha value is -3.77. The van der Waals surface area contributed by atoms with Gasteiger partial charge in [0.15, 0.2) is 5.17 Å². The molecule has 2 aliphatic heterocycles. The van der Waals surface area contributed by atoms with E-state index in [-0.39, 0.29) is 5.91 Å². The minimum atomic E-state index is 0.0162. The van der Waals surface area contributed by atoms with Gasteiger partial charge < -0.3 is 9.88 Å². The van der Waals surface area contributed by atoms with Gasteiger partial charge in [-0.2, -0.15) is 0 Å². The zero-order valence-corrected chi connectivity index (χ0v) is 21.8. The first-order valence-corrected chi connectivity index (χ1v) is 13.7. The number of amides is 1. The zero-order valence-electron chi connectivity index (χ0n) is 21.0. The van der Waals surface area contributed by atoms with E-state index in [0.29, 0.717) is 11.4 Å². The standard InChI is InChI=1S/C31H30N4OS/c1-22-19-26(34-16-7-8-17-34)14-13-23(22)20-29-30(36)35(31(37-29)33-25-9-3-2-4-10-25)18-15-24-21-32-28-12-6-5-11-27(24)28/h2-6,9-14,19-21,32H,7-8,15-18H2,1H3/b29-20+,33-31?. The molecule has 6 heteroatoms. The van der Waals surface area contributed by atoms with Crippen molar-refractivity contribution in [3.05, 3.63) is 101 Å². The molecule has 0 radical (unpaired) electrons. The summed E-state index contributed by atoms with van der Waals surface area (Å²) in [7, 11) is 0. The highest BCUT2D eigenvalue weighted by molar-refractivity contribution is 8.18. The second-order valence-electron chi connectivity index (χ2n) is 9.64. The predicted octanol–water partition coefficient (Wildman–Crippen LogP) is 6.92. The number of anilines is 1. The Morgan fingerprint density at radius 3 is 2.59 bits per heavy atom. The molecule has 1 N–H and O–H groups in total. The molecular formula is C31H30N4OS. The summed E-state index contributed by atoms with van der Waals surface area (Å²) in [6, 6.07) is 24.7. The molecule has 0 spiro atoms. The third-order valence-corrected chi connectivity index (χ3v) is 8.17. The number of hydrogen-bond donors (Lipinski definition) is 1. The SMILES string of the molecule is Cc1cc(N2CCCC2)ccc1/C=C1/SC(=Nc2ccccc2)N(CCc2c[nH]c3ccccc23)C1=O. The van der Waals surface area contributed by atoms with Crippen LogP contribution in [0, 0.1) is 6.92 Å². The smallest absolute Gasteiger partial charge is 0.266 e. The van der Waals surface area contributed by atoms with E-state index < -0.39 is 0 Å². The van der Waals surface area contributed by atoms with Gasteiger partial charge in [-0.1, -0.05) is 42.5 Å². The fourth-order valence-electron chi connectivity index (χ4n) is 5.11. The summed E-state index contributed by atoms with van der Waals surface area (Å²) in [5, 5.41) is 1.93. The molecule has 1 amide bonds. The fourth-order valence-corrected chi connectivity index (χ4v) is 6.12. The molecule has 0 bridgehead atoms. The molecular weight excluding hydrogens is 476 g/mol. The molecule has 4 aromatic rings. The van der Waals surface area contributed by atoms with Crippen LogP contribution in [0.15, 0.2) is 88.9 Å². The van der Waals surface area contributed by atoms with Gasteiger partial charge in [-0.05, 0) is 91.0 Å². The van der Waals surface area contributed by atoms with Crippen LogP contribution in [-0.4, -0.2) is 40.6 Å². The van der Waals surface area contributed by atoms with Gasteiger partial charge in [0.25, 0.3) is 5.91 Å². The number of aliphatic imine (C=N–C) groups is 1. The number of H-pyrrole nitrogens is 1. The molecule has 3 aromatic carbocycles. The van der Waals surface area contributed by atoms with Gasteiger partial charge in [-0.15, -0.1) is 0 Å². The lowest BCUT2D eigenvalue weighted by atomic mass is 10.1. The molecule has 1 aromatic heterocycles.